The normalized spacial score (nSPS) is 16.4. The van der Waals surface area contributed by atoms with Gasteiger partial charge in [0.25, 0.3) is 0 Å². The maximum Gasteiger partial charge on any atom is 0.201 e. The molecule has 0 fully saturated rings. The molecule has 0 spiro atoms. The van der Waals surface area contributed by atoms with E-state index in [1.807, 2.05) is 6.07 Å². The number of rotatable bonds is 4. The molecular formula is C17H24O3. The zero-order chi connectivity index (χ0) is 15.1. The lowest BCUT2D eigenvalue weighted by Crippen LogP contribution is -2.23. The first kappa shape index (κ1) is 14.8. The molecule has 1 aromatic carbocycles. The van der Waals surface area contributed by atoms with E-state index in [4.69, 9.17) is 4.74 Å². The van der Waals surface area contributed by atoms with Gasteiger partial charge in [-0.2, -0.15) is 0 Å². The van der Waals surface area contributed by atoms with Crippen molar-refractivity contribution in [1.29, 1.82) is 0 Å². The van der Waals surface area contributed by atoms with Gasteiger partial charge in [0.15, 0.2) is 11.5 Å². The van der Waals surface area contributed by atoms with Gasteiger partial charge in [0.2, 0.25) is 5.75 Å². The molecule has 0 aliphatic heterocycles. The predicted molar refractivity (Wildman–Crippen MR) is 81.5 cm³/mol. The number of allylic oxidation sites excluding steroid dienone is 2. The Labute approximate surface area is 120 Å². The fourth-order valence-electron chi connectivity index (χ4n) is 3.75. The topological polar surface area (TPSA) is 49.7 Å². The lowest BCUT2D eigenvalue weighted by Gasteiger charge is -2.31. The van der Waals surface area contributed by atoms with Gasteiger partial charge in [0, 0.05) is 11.0 Å². The first-order valence-corrected chi connectivity index (χ1v) is 7.32. The van der Waals surface area contributed by atoms with E-state index < -0.39 is 0 Å². The van der Waals surface area contributed by atoms with Crippen molar-refractivity contribution in [2.45, 2.75) is 52.4 Å². The molecule has 110 valence electrons. The summed E-state index contributed by atoms with van der Waals surface area (Å²) in [6.07, 6.45) is 2.79. The molecular weight excluding hydrogens is 252 g/mol. The Bertz CT molecular complexity index is 566. The van der Waals surface area contributed by atoms with Crippen LogP contribution >= 0.6 is 0 Å². The summed E-state index contributed by atoms with van der Waals surface area (Å²) in [6.45, 7) is 8.58. The molecule has 1 aromatic rings. The highest BCUT2D eigenvalue weighted by Gasteiger charge is 2.42. The third kappa shape index (κ3) is 1.65. The second-order valence-corrected chi connectivity index (χ2v) is 5.44. The number of methoxy groups -OCH3 is 1. The van der Waals surface area contributed by atoms with Crippen molar-refractivity contribution >= 4 is 5.57 Å². The molecule has 0 atom stereocenters. The zero-order valence-electron chi connectivity index (χ0n) is 13.0. The van der Waals surface area contributed by atoms with Crippen LogP contribution in [0.4, 0.5) is 0 Å². The van der Waals surface area contributed by atoms with Gasteiger partial charge in [-0.25, -0.2) is 0 Å². The minimum Gasteiger partial charge on any atom is -0.504 e. The molecule has 20 heavy (non-hydrogen) atoms. The summed E-state index contributed by atoms with van der Waals surface area (Å²) in [5, 5.41) is 20.5. The molecule has 1 aliphatic carbocycles. The largest absolute Gasteiger partial charge is 0.504 e. The van der Waals surface area contributed by atoms with E-state index >= 15 is 0 Å². The molecule has 3 nitrogen and oxygen atoms in total. The summed E-state index contributed by atoms with van der Waals surface area (Å²) < 4.78 is 5.21. The molecule has 0 saturated heterocycles. The molecule has 0 amide bonds. The van der Waals surface area contributed by atoms with Crippen LogP contribution in [0.5, 0.6) is 17.2 Å². The van der Waals surface area contributed by atoms with Crippen LogP contribution in [-0.2, 0) is 5.41 Å². The molecule has 1 aliphatic rings. The van der Waals surface area contributed by atoms with Crippen molar-refractivity contribution in [2.75, 3.05) is 7.11 Å². The average molecular weight is 276 g/mol. The summed E-state index contributed by atoms with van der Waals surface area (Å²) in [6, 6.07) is 1.89. The quantitative estimate of drug-likeness (QED) is 0.803. The smallest absolute Gasteiger partial charge is 0.201 e. The zero-order valence-corrected chi connectivity index (χ0v) is 13.0. The van der Waals surface area contributed by atoms with Crippen molar-refractivity contribution in [3.63, 3.8) is 0 Å². The molecule has 2 rings (SSSR count). The van der Waals surface area contributed by atoms with E-state index in [0.717, 1.165) is 36.0 Å². The van der Waals surface area contributed by atoms with Crippen LogP contribution in [0.1, 0.15) is 58.1 Å². The standard InChI is InChI=1S/C17H24O3/c1-6-11-10(4)17(7-2,8-3)12-9-13(20-5)15(18)16(19)14(11)12/h9,18-19H,6-8H2,1-5H3. The SMILES string of the molecule is CCC1=C(C)C(CC)(CC)c2cc(OC)c(O)c(O)c21. The Morgan fingerprint density at radius 2 is 1.70 bits per heavy atom. The summed E-state index contributed by atoms with van der Waals surface area (Å²) in [5.74, 6) is 0.144. The minimum absolute atomic E-state index is 0.0423. The fourth-order valence-corrected chi connectivity index (χ4v) is 3.75. The van der Waals surface area contributed by atoms with E-state index in [2.05, 4.69) is 27.7 Å². The Kier molecular flexibility index (Phi) is 3.72. The van der Waals surface area contributed by atoms with E-state index in [-0.39, 0.29) is 16.9 Å². The molecule has 3 heteroatoms. The second-order valence-electron chi connectivity index (χ2n) is 5.44. The van der Waals surface area contributed by atoms with Crippen molar-refractivity contribution in [2.24, 2.45) is 0 Å². The molecule has 0 unspecified atom stereocenters. The van der Waals surface area contributed by atoms with Gasteiger partial charge in [-0.1, -0.05) is 26.3 Å². The first-order chi connectivity index (χ1) is 9.48. The lowest BCUT2D eigenvalue weighted by molar-refractivity contribution is 0.347. The monoisotopic (exact) mass is 276 g/mol. The van der Waals surface area contributed by atoms with Gasteiger partial charge in [-0.05, 0) is 43.4 Å². The van der Waals surface area contributed by atoms with E-state index in [1.165, 1.54) is 12.7 Å². The number of benzene rings is 1. The van der Waals surface area contributed by atoms with Crippen molar-refractivity contribution in [3.05, 3.63) is 22.8 Å². The summed E-state index contributed by atoms with van der Waals surface area (Å²) >= 11 is 0. The third-order valence-corrected chi connectivity index (χ3v) is 5.01. The second kappa shape index (κ2) is 5.04. The van der Waals surface area contributed by atoms with Gasteiger partial charge in [0.1, 0.15) is 0 Å². The first-order valence-electron chi connectivity index (χ1n) is 7.32. The summed E-state index contributed by atoms with van der Waals surface area (Å²) in [4.78, 5) is 0. The number of hydrogen-bond acceptors (Lipinski definition) is 3. The maximum absolute atomic E-state index is 10.4. The Hall–Kier alpha value is -1.64. The van der Waals surface area contributed by atoms with E-state index in [0.29, 0.717) is 5.75 Å². The van der Waals surface area contributed by atoms with Gasteiger partial charge in [0.05, 0.1) is 7.11 Å². The predicted octanol–water partition coefficient (Wildman–Crippen LogP) is 4.36. The lowest BCUT2D eigenvalue weighted by atomic mass is 9.73. The fraction of sp³-hybridized carbons (Fsp3) is 0.529. The Morgan fingerprint density at radius 1 is 1.10 bits per heavy atom. The highest BCUT2D eigenvalue weighted by molar-refractivity contribution is 5.86. The van der Waals surface area contributed by atoms with Crippen LogP contribution in [-0.4, -0.2) is 17.3 Å². The number of ether oxygens (including phenoxy) is 1. The van der Waals surface area contributed by atoms with Crippen LogP contribution in [0.15, 0.2) is 11.6 Å². The summed E-state index contributed by atoms with van der Waals surface area (Å²) in [7, 11) is 1.51. The van der Waals surface area contributed by atoms with Gasteiger partial charge >= 0.3 is 0 Å². The highest BCUT2D eigenvalue weighted by atomic mass is 16.5. The molecule has 0 radical (unpaired) electrons. The van der Waals surface area contributed by atoms with Crippen molar-refractivity contribution in [1.82, 2.24) is 0 Å². The van der Waals surface area contributed by atoms with Gasteiger partial charge in [-0.15, -0.1) is 0 Å². The maximum atomic E-state index is 10.4. The van der Waals surface area contributed by atoms with Crippen molar-refractivity contribution < 1.29 is 14.9 Å². The molecule has 0 saturated carbocycles. The number of phenolic OH excluding ortho intramolecular Hbond substituents is 2. The molecule has 2 N–H and O–H groups in total. The van der Waals surface area contributed by atoms with E-state index in [1.54, 1.807) is 0 Å². The Balaban J connectivity index is 2.86. The van der Waals surface area contributed by atoms with Crippen molar-refractivity contribution in [3.8, 4) is 17.2 Å². The van der Waals surface area contributed by atoms with Crippen LogP contribution in [0.2, 0.25) is 0 Å². The highest BCUT2D eigenvalue weighted by Crippen LogP contribution is 2.57. The van der Waals surface area contributed by atoms with Gasteiger partial charge < -0.3 is 14.9 Å². The number of fused-ring (bicyclic) bond motifs is 1. The number of aromatic hydroxyl groups is 2. The third-order valence-electron chi connectivity index (χ3n) is 5.01. The van der Waals surface area contributed by atoms with Gasteiger partial charge in [-0.3, -0.25) is 0 Å². The average Bonchev–Trinajstić information content (AvgIpc) is 2.71. The van der Waals surface area contributed by atoms with Crippen LogP contribution in [0.25, 0.3) is 5.57 Å². The number of hydrogen-bond donors (Lipinski definition) is 2. The minimum atomic E-state index is -0.159. The molecule has 0 heterocycles. The van der Waals surface area contributed by atoms with Crippen LogP contribution in [0.3, 0.4) is 0 Å². The number of phenols is 2. The Morgan fingerprint density at radius 3 is 2.15 bits per heavy atom. The summed E-state index contributed by atoms with van der Waals surface area (Å²) in [5.41, 5.74) is 4.30. The molecule has 0 bridgehead atoms. The van der Waals surface area contributed by atoms with Crippen LogP contribution < -0.4 is 4.74 Å². The van der Waals surface area contributed by atoms with E-state index in [9.17, 15) is 10.2 Å². The van der Waals surface area contributed by atoms with Crippen LogP contribution in [0, 0.1) is 0 Å². The molecule has 0 aromatic heterocycles.